The molecule has 0 bridgehead atoms. The van der Waals surface area contributed by atoms with E-state index in [1.807, 2.05) is 19.2 Å². The first-order valence-corrected chi connectivity index (χ1v) is 6.99. The highest BCUT2D eigenvalue weighted by Crippen LogP contribution is 2.20. The second-order valence-corrected chi connectivity index (χ2v) is 5.32. The van der Waals surface area contributed by atoms with Gasteiger partial charge in [-0.3, -0.25) is 0 Å². The summed E-state index contributed by atoms with van der Waals surface area (Å²) in [6.07, 6.45) is 2.09. The molecule has 2 unspecified atom stereocenters. The Morgan fingerprint density at radius 3 is 2.74 bits per heavy atom. The lowest BCUT2D eigenvalue weighted by Crippen LogP contribution is -2.27. The minimum absolute atomic E-state index is 0.191. The maximum absolute atomic E-state index is 12.9. The summed E-state index contributed by atoms with van der Waals surface area (Å²) in [6.45, 7) is 3.38. The Bertz CT molecular complexity index is 382. The molecule has 0 amide bonds. The van der Waals surface area contributed by atoms with Crippen LogP contribution >= 0.6 is 0 Å². The van der Waals surface area contributed by atoms with E-state index in [0.29, 0.717) is 12.5 Å². The molecular formula is C15H23FN2O. The van der Waals surface area contributed by atoms with E-state index in [2.05, 4.69) is 10.2 Å². The van der Waals surface area contributed by atoms with Crippen molar-refractivity contribution in [3.63, 3.8) is 0 Å². The topological polar surface area (TPSA) is 35.5 Å². The van der Waals surface area contributed by atoms with Crippen LogP contribution in [0.1, 0.15) is 24.4 Å². The first-order chi connectivity index (χ1) is 9.22. The van der Waals surface area contributed by atoms with Crippen molar-refractivity contribution in [1.29, 1.82) is 0 Å². The summed E-state index contributed by atoms with van der Waals surface area (Å²) in [5, 5.41) is 12.4. The van der Waals surface area contributed by atoms with E-state index in [0.717, 1.165) is 38.0 Å². The summed E-state index contributed by atoms with van der Waals surface area (Å²) in [4.78, 5) is 2.40. The summed E-state index contributed by atoms with van der Waals surface area (Å²) in [7, 11) is 1.94. The quantitative estimate of drug-likeness (QED) is 0.824. The second kappa shape index (κ2) is 6.98. The number of aliphatic hydroxyl groups is 1. The molecule has 0 spiro atoms. The Balaban J connectivity index is 1.84. The third-order valence-corrected chi connectivity index (χ3v) is 3.98. The fourth-order valence-electron chi connectivity index (χ4n) is 2.75. The molecule has 1 heterocycles. The van der Waals surface area contributed by atoms with Crippen molar-refractivity contribution in [3.8, 4) is 0 Å². The number of halogens is 1. The molecule has 0 aromatic heterocycles. The highest BCUT2D eigenvalue weighted by atomic mass is 19.1. The van der Waals surface area contributed by atoms with E-state index < -0.39 is 0 Å². The normalized spacial score (nSPS) is 21.7. The third-order valence-electron chi connectivity index (χ3n) is 3.98. The molecular weight excluding hydrogens is 243 g/mol. The predicted octanol–water partition coefficient (Wildman–Crippen LogP) is 1.79. The van der Waals surface area contributed by atoms with Crippen molar-refractivity contribution in [2.24, 2.45) is 5.92 Å². The van der Waals surface area contributed by atoms with Gasteiger partial charge in [0.1, 0.15) is 5.82 Å². The van der Waals surface area contributed by atoms with Crippen LogP contribution in [0.25, 0.3) is 0 Å². The van der Waals surface area contributed by atoms with E-state index in [-0.39, 0.29) is 11.9 Å². The highest BCUT2D eigenvalue weighted by Gasteiger charge is 2.22. The minimum Gasteiger partial charge on any atom is -0.396 e. The number of aliphatic hydroxyl groups excluding tert-OH is 1. The van der Waals surface area contributed by atoms with Gasteiger partial charge in [0.2, 0.25) is 0 Å². The Morgan fingerprint density at radius 1 is 1.42 bits per heavy atom. The molecule has 1 aliphatic rings. The largest absolute Gasteiger partial charge is 0.396 e. The molecule has 1 saturated heterocycles. The van der Waals surface area contributed by atoms with Gasteiger partial charge in [0, 0.05) is 19.2 Å². The zero-order valence-corrected chi connectivity index (χ0v) is 11.5. The molecule has 1 aromatic rings. The van der Waals surface area contributed by atoms with Gasteiger partial charge in [-0.15, -0.1) is 0 Å². The molecule has 2 atom stereocenters. The molecule has 106 valence electrons. The van der Waals surface area contributed by atoms with Crippen LogP contribution < -0.4 is 5.32 Å². The number of nitrogens with zero attached hydrogens (tertiary/aromatic N) is 1. The number of hydrogen-bond donors (Lipinski definition) is 2. The van der Waals surface area contributed by atoms with E-state index in [4.69, 9.17) is 5.11 Å². The Kier molecular flexibility index (Phi) is 5.31. The molecule has 4 heteroatoms. The lowest BCUT2D eigenvalue weighted by Gasteiger charge is -2.21. The Morgan fingerprint density at radius 2 is 2.16 bits per heavy atom. The summed E-state index contributed by atoms with van der Waals surface area (Å²) in [5.74, 6) is 0.253. The van der Waals surface area contributed by atoms with Gasteiger partial charge >= 0.3 is 0 Å². The number of rotatable bonds is 6. The average Bonchev–Trinajstić information content (AvgIpc) is 2.89. The zero-order valence-electron chi connectivity index (χ0n) is 11.5. The van der Waals surface area contributed by atoms with Crippen molar-refractivity contribution in [2.75, 3.05) is 33.3 Å². The Labute approximate surface area is 114 Å². The molecule has 0 aliphatic carbocycles. The van der Waals surface area contributed by atoms with Gasteiger partial charge in [0.05, 0.1) is 0 Å². The second-order valence-electron chi connectivity index (χ2n) is 5.32. The van der Waals surface area contributed by atoms with Gasteiger partial charge in [0.15, 0.2) is 0 Å². The average molecular weight is 266 g/mol. The molecule has 1 fully saturated rings. The smallest absolute Gasteiger partial charge is 0.123 e. The first-order valence-electron chi connectivity index (χ1n) is 6.99. The van der Waals surface area contributed by atoms with Crippen molar-refractivity contribution < 1.29 is 9.50 Å². The minimum atomic E-state index is -0.191. The maximum Gasteiger partial charge on any atom is 0.123 e. The van der Waals surface area contributed by atoms with Crippen LogP contribution in [0.2, 0.25) is 0 Å². The summed E-state index contributed by atoms with van der Waals surface area (Å²) in [5.41, 5.74) is 1.13. The van der Waals surface area contributed by atoms with E-state index in [1.54, 1.807) is 0 Å². The van der Waals surface area contributed by atoms with Crippen molar-refractivity contribution in [1.82, 2.24) is 10.2 Å². The lowest BCUT2D eigenvalue weighted by atomic mass is 10.0. The van der Waals surface area contributed by atoms with Crippen LogP contribution in [-0.2, 0) is 0 Å². The number of benzene rings is 1. The van der Waals surface area contributed by atoms with Gasteiger partial charge in [-0.05, 0) is 56.6 Å². The van der Waals surface area contributed by atoms with Gasteiger partial charge in [-0.25, -0.2) is 4.39 Å². The van der Waals surface area contributed by atoms with Crippen molar-refractivity contribution in [3.05, 3.63) is 35.6 Å². The van der Waals surface area contributed by atoms with Crippen LogP contribution in [0, 0.1) is 11.7 Å². The van der Waals surface area contributed by atoms with E-state index in [1.165, 1.54) is 12.1 Å². The van der Waals surface area contributed by atoms with Crippen molar-refractivity contribution >= 4 is 0 Å². The van der Waals surface area contributed by atoms with Crippen LogP contribution in [-0.4, -0.2) is 43.3 Å². The van der Waals surface area contributed by atoms with Crippen LogP contribution in [0.4, 0.5) is 4.39 Å². The lowest BCUT2D eigenvalue weighted by molar-refractivity contribution is 0.219. The van der Waals surface area contributed by atoms with Crippen LogP contribution in [0.15, 0.2) is 24.3 Å². The van der Waals surface area contributed by atoms with Crippen molar-refractivity contribution in [2.45, 2.75) is 18.9 Å². The third kappa shape index (κ3) is 4.00. The molecule has 2 N–H and O–H groups in total. The number of likely N-dealkylation sites (tertiary alicyclic amines) is 1. The fourth-order valence-corrected chi connectivity index (χ4v) is 2.75. The Hall–Kier alpha value is -0.970. The van der Waals surface area contributed by atoms with E-state index >= 15 is 0 Å². The van der Waals surface area contributed by atoms with Gasteiger partial charge in [0.25, 0.3) is 0 Å². The highest BCUT2D eigenvalue weighted by molar-refractivity contribution is 5.19. The van der Waals surface area contributed by atoms with Gasteiger partial charge < -0.3 is 15.3 Å². The number of nitrogens with one attached hydrogen (secondary N) is 1. The molecule has 3 nitrogen and oxygen atoms in total. The zero-order chi connectivity index (χ0) is 13.7. The molecule has 0 radical (unpaired) electrons. The summed E-state index contributed by atoms with van der Waals surface area (Å²) < 4.78 is 12.9. The molecule has 2 rings (SSSR count). The van der Waals surface area contributed by atoms with Crippen LogP contribution in [0.5, 0.6) is 0 Å². The molecule has 1 aromatic carbocycles. The van der Waals surface area contributed by atoms with E-state index in [9.17, 15) is 4.39 Å². The van der Waals surface area contributed by atoms with Crippen LogP contribution in [0.3, 0.4) is 0 Å². The standard InChI is InChI=1S/C15H23FN2O/c1-17-15(13-2-4-14(16)5-3-13)7-9-18-8-6-12(10-18)11-19/h2-5,12,15,17,19H,6-11H2,1H3. The first kappa shape index (κ1) is 14.4. The summed E-state index contributed by atoms with van der Waals surface area (Å²) >= 11 is 0. The predicted molar refractivity (Wildman–Crippen MR) is 74.5 cm³/mol. The maximum atomic E-state index is 12.9. The van der Waals surface area contributed by atoms with Gasteiger partial charge in [-0.1, -0.05) is 12.1 Å². The fraction of sp³-hybridized carbons (Fsp3) is 0.600. The monoisotopic (exact) mass is 266 g/mol. The SMILES string of the molecule is CNC(CCN1CCC(CO)C1)c1ccc(F)cc1. The summed E-state index contributed by atoms with van der Waals surface area (Å²) in [6, 6.07) is 6.97. The van der Waals surface area contributed by atoms with Gasteiger partial charge in [-0.2, -0.15) is 0 Å². The number of hydrogen-bond acceptors (Lipinski definition) is 3. The molecule has 1 aliphatic heterocycles. The molecule has 0 saturated carbocycles. The molecule has 19 heavy (non-hydrogen) atoms.